The fourth-order valence-electron chi connectivity index (χ4n) is 1.79. The standard InChI is InChI=1S/C15H13NO6S/c1-21-12-5-6-14(11(7-12)9-17)22-23(19,20)13-4-2-3-10(8-13)15(16)18/h2-9H,1H3,(H2,16,18). The maximum absolute atomic E-state index is 12.3. The Labute approximate surface area is 132 Å². The Morgan fingerprint density at radius 2 is 1.91 bits per heavy atom. The topological polar surface area (TPSA) is 113 Å². The Bertz CT molecular complexity index is 860. The van der Waals surface area contributed by atoms with Crippen LogP contribution in [0.25, 0.3) is 0 Å². The number of carbonyl (C=O) groups excluding carboxylic acids is 2. The summed E-state index contributed by atoms with van der Waals surface area (Å²) in [6.07, 6.45) is 0.452. The summed E-state index contributed by atoms with van der Waals surface area (Å²) in [5, 5.41) is 0. The maximum atomic E-state index is 12.3. The summed E-state index contributed by atoms with van der Waals surface area (Å²) in [5.41, 5.74) is 5.16. The minimum atomic E-state index is -4.23. The molecule has 0 heterocycles. The van der Waals surface area contributed by atoms with E-state index in [9.17, 15) is 18.0 Å². The van der Waals surface area contributed by atoms with E-state index >= 15 is 0 Å². The summed E-state index contributed by atoms with van der Waals surface area (Å²) in [6, 6.07) is 9.21. The van der Waals surface area contributed by atoms with E-state index in [1.54, 1.807) is 0 Å². The monoisotopic (exact) mass is 335 g/mol. The summed E-state index contributed by atoms with van der Waals surface area (Å²) in [6.45, 7) is 0. The van der Waals surface area contributed by atoms with Crippen molar-refractivity contribution < 1.29 is 26.9 Å². The van der Waals surface area contributed by atoms with Crippen LogP contribution in [-0.4, -0.2) is 27.7 Å². The second-order valence-electron chi connectivity index (χ2n) is 4.45. The van der Waals surface area contributed by atoms with Crippen molar-refractivity contribution >= 4 is 22.3 Å². The lowest BCUT2D eigenvalue weighted by Gasteiger charge is -2.10. The zero-order valence-corrected chi connectivity index (χ0v) is 12.9. The van der Waals surface area contributed by atoms with Crippen molar-refractivity contribution in [2.75, 3.05) is 7.11 Å². The summed E-state index contributed by atoms with van der Waals surface area (Å²) in [5.74, 6) is -0.530. The summed E-state index contributed by atoms with van der Waals surface area (Å²) >= 11 is 0. The molecule has 0 saturated carbocycles. The van der Waals surface area contributed by atoms with E-state index in [4.69, 9.17) is 14.7 Å². The number of aldehydes is 1. The highest BCUT2D eigenvalue weighted by molar-refractivity contribution is 7.87. The van der Waals surface area contributed by atoms with Crippen molar-refractivity contribution in [1.82, 2.24) is 0 Å². The molecule has 0 radical (unpaired) electrons. The quantitative estimate of drug-likeness (QED) is 0.630. The van der Waals surface area contributed by atoms with Gasteiger partial charge in [-0.1, -0.05) is 6.07 Å². The molecule has 0 aromatic heterocycles. The Morgan fingerprint density at radius 1 is 1.17 bits per heavy atom. The van der Waals surface area contributed by atoms with Crippen molar-refractivity contribution in [3.05, 3.63) is 53.6 Å². The van der Waals surface area contributed by atoms with Gasteiger partial charge in [0.25, 0.3) is 0 Å². The van der Waals surface area contributed by atoms with Crippen LogP contribution >= 0.6 is 0 Å². The third kappa shape index (κ3) is 3.67. The van der Waals surface area contributed by atoms with E-state index in [0.29, 0.717) is 12.0 Å². The third-order valence-electron chi connectivity index (χ3n) is 2.95. The molecule has 0 aliphatic heterocycles. The van der Waals surface area contributed by atoms with Crippen molar-refractivity contribution in [1.29, 1.82) is 0 Å². The van der Waals surface area contributed by atoms with Gasteiger partial charge < -0.3 is 14.7 Å². The van der Waals surface area contributed by atoms with Gasteiger partial charge >= 0.3 is 10.1 Å². The van der Waals surface area contributed by atoms with Crippen molar-refractivity contribution in [3.63, 3.8) is 0 Å². The van der Waals surface area contributed by atoms with Crippen LogP contribution in [0.4, 0.5) is 0 Å². The molecule has 0 bridgehead atoms. The van der Waals surface area contributed by atoms with Gasteiger partial charge in [0.1, 0.15) is 10.6 Å². The number of hydrogen-bond acceptors (Lipinski definition) is 6. The van der Waals surface area contributed by atoms with Gasteiger partial charge in [-0.2, -0.15) is 8.42 Å². The number of ether oxygens (including phenoxy) is 1. The SMILES string of the molecule is COc1ccc(OS(=O)(=O)c2cccc(C(N)=O)c2)c(C=O)c1. The fourth-order valence-corrected chi connectivity index (χ4v) is 2.79. The largest absolute Gasteiger partial charge is 0.497 e. The van der Waals surface area contributed by atoms with Gasteiger partial charge in [0, 0.05) is 5.56 Å². The van der Waals surface area contributed by atoms with Crippen LogP contribution < -0.4 is 14.7 Å². The van der Waals surface area contributed by atoms with Crippen molar-refractivity contribution in [2.45, 2.75) is 4.90 Å². The molecule has 2 aromatic rings. The zero-order chi connectivity index (χ0) is 17.0. The predicted molar refractivity (Wildman–Crippen MR) is 81.2 cm³/mol. The molecule has 2 rings (SSSR count). The molecule has 2 N–H and O–H groups in total. The molecule has 0 spiro atoms. The highest BCUT2D eigenvalue weighted by Crippen LogP contribution is 2.26. The molecule has 120 valence electrons. The number of amides is 1. The van der Waals surface area contributed by atoms with Gasteiger partial charge in [-0.25, -0.2) is 0 Å². The zero-order valence-electron chi connectivity index (χ0n) is 12.1. The van der Waals surface area contributed by atoms with E-state index in [1.165, 1.54) is 43.5 Å². The number of benzene rings is 2. The van der Waals surface area contributed by atoms with E-state index in [2.05, 4.69) is 0 Å². The number of nitrogens with two attached hydrogens (primary N) is 1. The number of methoxy groups -OCH3 is 1. The van der Waals surface area contributed by atoms with Gasteiger partial charge in [0.05, 0.1) is 12.7 Å². The van der Waals surface area contributed by atoms with Gasteiger partial charge in [0.2, 0.25) is 5.91 Å². The van der Waals surface area contributed by atoms with Crippen LogP contribution in [0.2, 0.25) is 0 Å². The molecule has 0 atom stereocenters. The second-order valence-corrected chi connectivity index (χ2v) is 6.00. The van der Waals surface area contributed by atoms with Gasteiger partial charge in [-0.15, -0.1) is 0 Å². The Balaban J connectivity index is 2.40. The first-order valence-corrected chi connectivity index (χ1v) is 7.76. The van der Waals surface area contributed by atoms with Crippen LogP contribution in [0, 0.1) is 0 Å². The molecule has 8 heteroatoms. The molecule has 1 amide bonds. The molecule has 0 aliphatic carbocycles. The van der Waals surface area contributed by atoms with E-state index < -0.39 is 16.0 Å². The minimum absolute atomic E-state index is 0.0129. The van der Waals surface area contributed by atoms with Crippen molar-refractivity contribution in [2.24, 2.45) is 5.73 Å². The molecule has 0 saturated heterocycles. The first-order chi connectivity index (χ1) is 10.9. The highest BCUT2D eigenvalue weighted by Gasteiger charge is 2.20. The van der Waals surface area contributed by atoms with Gasteiger partial charge in [0.15, 0.2) is 12.0 Å². The predicted octanol–water partition coefficient (Wildman–Crippen LogP) is 1.37. The molecule has 0 unspecified atom stereocenters. The Hall–Kier alpha value is -2.87. The Morgan fingerprint density at radius 3 is 2.52 bits per heavy atom. The molecular weight excluding hydrogens is 322 g/mol. The Kier molecular flexibility index (Phi) is 4.65. The van der Waals surface area contributed by atoms with Crippen LogP contribution in [0.15, 0.2) is 47.4 Å². The van der Waals surface area contributed by atoms with E-state index in [1.807, 2.05) is 0 Å². The lowest BCUT2D eigenvalue weighted by molar-refractivity contribution is 0.0999. The molecule has 0 aliphatic rings. The molecule has 23 heavy (non-hydrogen) atoms. The molecular formula is C15H13NO6S. The number of carbonyl (C=O) groups is 2. The molecule has 7 nitrogen and oxygen atoms in total. The van der Waals surface area contributed by atoms with Crippen molar-refractivity contribution in [3.8, 4) is 11.5 Å². The first kappa shape index (κ1) is 16.5. The average Bonchev–Trinajstić information content (AvgIpc) is 2.55. The van der Waals surface area contributed by atoms with Gasteiger partial charge in [-0.3, -0.25) is 9.59 Å². The van der Waals surface area contributed by atoms with E-state index in [0.717, 1.165) is 6.07 Å². The molecule has 0 fully saturated rings. The maximum Gasteiger partial charge on any atom is 0.339 e. The van der Waals surface area contributed by atoms with Crippen LogP contribution in [0.3, 0.4) is 0 Å². The third-order valence-corrected chi connectivity index (χ3v) is 4.18. The minimum Gasteiger partial charge on any atom is -0.497 e. The second kappa shape index (κ2) is 6.49. The summed E-state index contributed by atoms with van der Waals surface area (Å²) < 4.78 is 34.5. The normalized spacial score (nSPS) is 10.8. The fraction of sp³-hybridized carbons (Fsp3) is 0.0667. The smallest absolute Gasteiger partial charge is 0.339 e. The number of hydrogen-bond donors (Lipinski definition) is 1. The summed E-state index contributed by atoms with van der Waals surface area (Å²) in [7, 11) is -2.82. The van der Waals surface area contributed by atoms with Crippen LogP contribution in [0.5, 0.6) is 11.5 Å². The molecule has 2 aromatic carbocycles. The lowest BCUT2D eigenvalue weighted by Crippen LogP contribution is -2.14. The average molecular weight is 335 g/mol. The van der Waals surface area contributed by atoms with Gasteiger partial charge in [-0.05, 0) is 36.4 Å². The van der Waals surface area contributed by atoms with E-state index in [-0.39, 0.29) is 21.8 Å². The first-order valence-electron chi connectivity index (χ1n) is 6.35. The van der Waals surface area contributed by atoms with Crippen LogP contribution in [-0.2, 0) is 10.1 Å². The lowest BCUT2D eigenvalue weighted by atomic mass is 10.2. The summed E-state index contributed by atoms with van der Waals surface area (Å²) in [4.78, 5) is 22.0. The van der Waals surface area contributed by atoms with Crippen LogP contribution in [0.1, 0.15) is 20.7 Å². The number of primary amides is 1. The number of rotatable bonds is 6. The highest BCUT2D eigenvalue weighted by atomic mass is 32.2.